The van der Waals surface area contributed by atoms with Gasteiger partial charge in [0.25, 0.3) is 0 Å². The Bertz CT molecular complexity index is 557. The van der Waals surface area contributed by atoms with Gasteiger partial charge in [-0.2, -0.15) is 5.10 Å². The molecular formula is C15H23N3O3. The molecule has 6 heteroatoms. The maximum atomic E-state index is 12.3. The normalized spacial score (nSPS) is 17.5. The first kappa shape index (κ1) is 15.5. The number of hydrogen-bond donors (Lipinski definition) is 2. The molecular weight excluding hydrogens is 270 g/mol. The van der Waals surface area contributed by atoms with Gasteiger partial charge in [-0.3, -0.25) is 14.3 Å². The third-order valence-electron chi connectivity index (χ3n) is 4.54. The molecule has 6 nitrogen and oxygen atoms in total. The molecule has 116 valence electrons. The van der Waals surface area contributed by atoms with Crippen molar-refractivity contribution in [3.63, 3.8) is 0 Å². The molecule has 0 bridgehead atoms. The molecule has 2 rings (SSSR count). The number of carboxylic acids is 1. The van der Waals surface area contributed by atoms with E-state index in [1.165, 1.54) is 0 Å². The van der Waals surface area contributed by atoms with Crippen LogP contribution in [0.1, 0.15) is 49.9 Å². The molecule has 1 saturated carbocycles. The summed E-state index contributed by atoms with van der Waals surface area (Å²) >= 11 is 0. The van der Waals surface area contributed by atoms with Crippen LogP contribution in [0.3, 0.4) is 0 Å². The van der Waals surface area contributed by atoms with Crippen LogP contribution < -0.4 is 5.32 Å². The van der Waals surface area contributed by atoms with Crippen molar-refractivity contribution in [3.8, 4) is 0 Å². The number of amides is 1. The molecule has 1 amide bonds. The van der Waals surface area contributed by atoms with Crippen LogP contribution in [-0.2, 0) is 16.6 Å². The van der Waals surface area contributed by atoms with Crippen molar-refractivity contribution >= 4 is 17.6 Å². The van der Waals surface area contributed by atoms with E-state index in [-0.39, 0.29) is 12.3 Å². The van der Waals surface area contributed by atoms with Gasteiger partial charge in [0.1, 0.15) is 0 Å². The van der Waals surface area contributed by atoms with Crippen molar-refractivity contribution < 1.29 is 14.7 Å². The van der Waals surface area contributed by atoms with Gasteiger partial charge in [-0.05, 0) is 26.7 Å². The fraction of sp³-hybridized carbons (Fsp3) is 0.667. The number of hydrogen-bond acceptors (Lipinski definition) is 3. The smallest absolute Gasteiger partial charge is 0.310 e. The first-order valence-corrected chi connectivity index (χ1v) is 7.39. The maximum Gasteiger partial charge on any atom is 0.310 e. The summed E-state index contributed by atoms with van der Waals surface area (Å²) in [6.07, 6.45) is 4.02. The number of nitrogens with zero attached hydrogens (tertiary/aromatic N) is 2. The van der Waals surface area contributed by atoms with E-state index < -0.39 is 11.4 Å². The average Bonchev–Trinajstić information content (AvgIpc) is 2.66. The third-order valence-corrected chi connectivity index (χ3v) is 4.54. The first-order valence-electron chi connectivity index (χ1n) is 7.39. The summed E-state index contributed by atoms with van der Waals surface area (Å²) in [5, 5.41) is 16.6. The predicted molar refractivity (Wildman–Crippen MR) is 79.1 cm³/mol. The average molecular weight is 293 g/mol. The van der Waals surface area contributed by atoms with Crippen molar-refractivity contribution in [3.05, 3.63) is 11.4 Å². The number of aliphatic carboxylic acids is 1. The van der Waals surface area contributed by atoms with Crippen LogP contribution in [0.4, 0.5) is 5.69 Å². The van der Waals surface area contributed by atoms with E-state index in [1.54, 1.807) is 4.68 Å². The monoisotopic (exact) mass is 293 g/mol. The van der Waals surface area contributed by atoms with Crippen molar-refractivity contribution in [2.75, 3.05) is 5.32 Å². The second kappa shape index (κ2) is 5.87. The van der Waals surface area contributed by atoms with Gasteiger partial charge in [0.15, 0.2) is 0 Å². The number of carbonyl (C=O) groups excluding carboxylic acids is 1. The van der Waals surface area contributed by atoms with E-state index in [2.05, 4.69) is 10.4 Å². The fourth-order valence-electron chi connectivity index (χ4n) is 3.14. The van der Waals surface area contributed by atoms with Gasteiger partial charge in [0, 0.05) is 13.5 Å². The van der Waals surface area contributed by atoms with E-state index in [9.17, 15) is 14.7 Å². The molecule has 1 aromatic heterocycles. The number of anilines is 1. The Morgan fingerprint density at radius 1 is 1.29 bits per heavy atom. The molecule has 1 aliphatic carbocycles. The summed E-state index contributed by atoms with van der Waals surface area (Å²) in [5.41, 5.74) is 1.41. The van der Waals surface area contributed by atoms with Gasteiger partial charge in [0.2, 0.25) is 5.91 Å². The fourth-order valence-corrected chi connectivity index (χ4v) is 3.14. The minimum absolute atomic E-state index is 0.0378. The van der Waals surface area contributed by atoms with Crippen LogP contribution >= 0.6 is 0 Å². The summed E-state index contributed by atoms with van der Waals surface area (Å²) in [4.78, 5) is 23.9. The van der Waals surface area contributed by atoms with Crippen LogP contribution in [0.15, 0.2) is 0 Å². The standard InChI is InChI=1S/C15H23N3O3/c1-10-13(11(2)18(3)17-10)16-12(19)9-15(14(20)21)7-5-4-6-8-15/h4-9H2,1-3H3,(H,16,19)(H,20,21). The molecule has 0 radical (unpaired) electrons. The van der Waals surface area contributed by atoms with Crippen LogP contribution in [-0.4, -0.2) is 26.8 Å². The van der Waals surface area contributed by atoms with Gasteiger partial charge in [-0.1, -0.05) is 19.3 Å². The molecule has 1 fully saturated rings. The quantitative estimate of drug-likeness (QED) is 0.892. The van der Waals surface area contributed by atoms with Crippen molar-refractivity contribution in [1.29, 1.82) is 0 Å². The molecule has 2 N–H and O–H groups in total. The molecule has 21 heavy (non-hydrogen) atoms. The van der Waals surface area contributed by atoms with E-state index in [4.69, 9.17) is 0 Å². The zero-order valence-electron chi connectivity index (χ0n) is 12.9. The number of aryl methyl sites for hydroxylation is 2. The number of carbonyl (C=O) groups is 2. The Labute approximate surface area is 124 Å². The Morgan fingerprint density at radius 2 is 1.90 bits per heavy atom. The lowest BCUT2D eigenvalue weighted by atomic mass is 9.71. The molecule has 0 atom stereocenters. The lowest BCUT2D eigenvalue weighted by molar-refractivity contribution is -0.153. The molecule has 1 aliphatic rings. The number of aromatic nitrogens is 2. The topological polar surface area (TPSA) is 84.2 Å². The molecule has 0 aromatic carbocycles. The lowest BCUT2D eigenvalue weighted by Gasteiger charge is -2.32. The zero-order valence-corrected chi connectivity index (χ0v) is 12.9. The first-order chi connectivity index (χ1) is 9.85. The second-order valence-electron chi connectivity index (χ2n) is 6.04. The van der Waals surface area contributed by atoms with E-state index >= 15 is 0 Å². The van der Waals surface area contributed by atoms with Crippen molar-refractivity contribution in [2.24, 2.45) is 12.5 Å². The molecule has 0 saturated heterocycles. The summed E-state index contributed by atoms with van der Waals surface area (Å²) < 4.78 is 1.71. The van der Waals surface area contributed by atoms with Gasteiger partial charge in [0.05, 0.1) is 22.5 Å². The Morgan fingerprint density at radius 3 is 2.38 bits per heavy atom. The third kappa shape index (κ3) is 3.09. The van der Waals surface area contributed by atoms with Crippen LogP contribution in [0.2, 0.25) is 0 Å². The highest BCUT2D eigenvalue weighted by molar-refractivity contribution is 5.95. The van der Waals surface area contributed by atoms with Crippen LogP contribution in [0.5, 0.6) is 0 Å². The van der Waals surface area contributed by atoms with E-state index in [1.807, 2.05) is 20.9 Å². The largest absolute Gasteiger partial charge is 0.481 e. The summed E-state index contributed by atoms with van der Waals surface area (Å²) in [6.45, 7) is 3.71. The predicted octanol–water partition coefficient (Wildman–Crippen LogP) is 2.40. The Kier molecular flexibility index (Phi) is 4.34. The summed E-state index contributed by atoms with van der Waals surface area (Å²) in [7, 11) is 1.82. The Balaban J connectivity index is 2.11. The molecule has 1 heterocycles. The van der Waals surface area contributed by atoms with E-state index in [0.29, 0.717) is 18.5 Å². The lowest BCUT2D eigenvalue weighted by Crippen LogP contribution is -2.37. The highest BCUT2D eigenvalue weighted by Crippen LogP contribution is 2.40. The van der Waals surface area contributed by atoms with Crippen LogP contribution in [0.25, 0.3) is 0 Å². The zero-order chi connectivity index (χ0) is 15.6. The minimum atomic E-state index is -0.896. The highest BCUT2D eigenvalue weighted by atomic mass is 16.4. The minimum Gasteiger partial charge on any atom is -0.481 e. The van der Waals surface area contributed by atoms with Gasteiger partial charge in [-0.15, -0.1) is 0 Å². The van der Waals surface area contributed by atoms with Gasteiger partial charge < -0.3 is 10.4 Å². The van der Waals surface area contributed by atoms with Crippen LogP contribution in [0, 0.1) is 19.3 Å². The molecule has 0 spiro atoms. The van der Waals surface area contributed by atoms with Gasteiger partial charge >= 0.3 is 5.97 Å². The highest BCUT2D eigenvalue weighted by Gasteiger charge is 2.41. The summed E-state index contributed by atoms with van der Waals surface area (Å²) in [6, 6.07) is 0. The Hall–Kier alpha value is -1.85. The molecule has 0 unspecified atom stereocenters. The number of nitrogens with one attached hydrogen (secondary N) is 1. The molecule has 0 aliphatic heterocycles. The summed E-state index contributed by atoms with van der Waals surface area (Å²) in [5.74, 6) is -1.09. The SMILES string of the molecule is Cc1nn(C)c(C)c1NC(=O)CC1(C(=O)O)CCCCC1. The number of carboxylic acid groups (broad SMARTS) is 1. The van der Waals surface area contributed by atoms with Gasteiger partial charge in [-0.25, -0.2) is 0 Å². The van der Waals surface area contributed by atoms with Crippen molar-refractivity contribution in [2.45, 2.75) is 52.4 Å². The second-order valence-corrected chi connectivity index (χ2v) is 6.04. The molecule has 1 aromatic rings. The van der Waals surface area contributed by atoms with Crippen molar-refractivity contribution in [1.82, 2.24) is 9.78 Å². The van der Waals surface area contributed by atoms with E-state index in [0.717, 1.165) is 30.7 Å². The maximum absolute atomic E-state index is 12.3. The number of rotatable bonds is 4.